The predicted octanol–water partition coefficient (Wildman–Crippen LogP) is 3.46. The van der Waals surface area contributed by atoms with Gasteiger partial charge < -0.3 is 10.2 Å². The Morgan fingerprint density at radius 1 is 1.07 bits per heavy atom. The zero-order chi connectivity index (χ0) is 20.9. The van der Waals surface area contributed by atoms with Crippen molar-refractivity contribution in [3.63, 3.8) is 0 Å². The summed E-state index contributed by atoms with van der Waals surface area (Å²) in [5, 5.41) is 9.55. The maximum Gasteiger partial charge on any atom is 0.238 e. The van der Waals surface area contributed by atoms with Gasteiger partial charge in [0, 0.05) is 29.6 Å². The fourth-order valence-corrected chi connectivity index (χ4v) is 3.66. The fourth-order valence-electron chi connectivity index (χ4n) is 2.69. The molecule has 0 aliphatic heterocycles. The van der Waals surface area contributed by atoms with Crippen LogP contribution in [0, 0.1) is 0 Å². The van der Waals surface area contributed by atoms with Crippen LogP contribution in [0.15, 0.2) is 78.0 Å². The highest BCUT2D eigenvalue weighted by Gasteiger charge is 2.15. The van der Waals surface area contributed by atoms with E-state index in [4.69, 9.17) is 29.0 Å². The van der Waals surface area contributed by atoms with E-state index >= 15 is 0 Å². The van der Waals surface area contributed by atoms with Gasteiger partial charge in [-0.3, -0.25) is 4.98 Å². The van der Waals surface area contributed by atoms with Gasteiger partial charge in [0.25, 0.3) is 0 Å². The maximum absolute atomic E-state index is 11.5. The Hall–Kier alpha value is -2.52. The van der Waals surface area contributed by atoms with E-state index in [9.17, 15) is 8.42 Å². The molecule has 0 aliphatic carbocycles. The van der Waals surface area contributed by atoms with E-state index in [1.807, 2.05) is 35.2 Å². The van der Waals surface area contributed by atoms with Crippen LogP contribution in [0.4, 0.5) is 5.69 Å². The van der Waals surface area contributed by atoms with Crippen LogP contribution in [0.5, 0.6) is 0 Å². The molecule has 3 aromatic rings. The van der Waals surface area contributed by atoms with Crippen LogP contribution < -0.4 is 15.4 Å². The second kappa shape index (κ2) is 9.32. The van der Waals surface area contributed by atoms with Crippen LogP contribution in [0.25, 0.3) is 0 Å². The van der Waals surface area contributed by atoms with Gasteiger partial charge >= 0.3 is 0 Å². The summed E-state index contributed by atoms with van der Waals surface area (Å²) >= 11 is 11.7. The molecule has 0 unspecified atom stereocenters. The number of hydrogen-bond donors (Lipinski definition) is 2. The number of benzene rings is 2. The molecule has 0 fully saturated rings. The summed E-state index contributed by atoms with van der Waals surface area (Å²) in [6, 6.07) is 17.5. The summed E-state index contributed by atoms with van der Waals surface area (Å²) in [6.45, 7) is 0.986. The van der Waals surface area contributed by atoms with E-state index in [-0.39, 0.29) is 4.90 Å². The first kappa shape index (κ1) is 21.2. The zero-order valence-corrected chi connectivity index (χ0v) is 17.7. The maximum atomic E-state index is 11.5. The van der Waals surface area contributed by atoms with Gasteiger partial charge in [0.2, 0.25) is 10.0 Å². The smallest absolute Gasteiger partial charge is 0.238 e. The second-order valence-electron chi connectivity index (χ2n) is 6.27. The van der Waals surface area contributed by atoms with Crippen molar-refractivity contribution in [3.8, 4) is 0 Å². The molecule has 0 aliphatic rings. The number of halogens is 1. The summed E-state index contributed by atoms with van der Waals surface area (Å²) in [7, 11) is -3.77. The molecule has 0 saturated carbocycles. The first-order chi connectivity index (χ1) is 13.8. The standard InChI is InChI=1S/C20H19ClN4O2S2/c21-17-3-1-2-16(12-17)14-25(18-4-6-19(7-5-18)29(22,26)27)20(28)24-13-15-8-10-23-11-9-15/h1-12H,13-14H2,(H,24,28)(H2,22,26,27). The number of hydrogen-bond acceptors (Lipinski definition) is 4. The molecular weight excluding hydrogens is 428 g/mol. The number of thiocarbonyl (C=S) groups is 1. The Labute approximate surface area is 180 Å². The fraction of sp³-hybridized carbons (Fsp3) is 0.100. The first-order valence-electron chi connectivity index (χ1n) is 8.64. The normalized spacial score (nSPS) is 11.1. The largest absolute Gasteiger partial charge is 0.358 e. The van der Waals surface area contributed by atoms with Crippen molar-refractivity contribution < 1.29 is 8.42 Å². The Bertz CT molecular complexity index is 1090. The number of pyridine rings is 1. The molecule has 0 spiro atoms. The zero-order valence-electron chi connectivity index (χ0n) is 15.3. The quantitative estimate of drug-likeness (QED) is 0.564. The van der Waals surface area contributed by atoms with Gasteiger partial charge in [0.05, 0.1) is 11.4 Å². The van der Waals surface area contributed by atoms with E-state index in [1.165, 1.54) is 12.1 Å². The molecule has 1 aromatic heterocycles. The average molecular weight is 447 g/mol. The van der Waals surface area contributed by atoms with E-state index in [1.54, 1.807) is 30.6 Å². The Balaban J connectivity index is 1.85. The Morgan fingerprint density at radius 3 is 2.38 bits per heavy atom. The first-order valence-corrected chi connectivity index (χ1v) is 11.0. The van der Waals surface area contributed by atoms with Crippen LogP contribution in [-0.2, 0) is 23.1 Å². The summed E-state index contributed by atoms with van der Waals surface area (Å²) in [5.74, 6) is 0. The molecule has 0 radical (unpaired) electrons. The average Bonchev–Trinajstić information content (AvgIpc) is 2.70. The molecule has 0 bridgehead atoms. The summed E-state index contributed by atoms with van der Waals surface area (Å²) in [5.41, 5.74) is 2.72. The summed E-state index contributed by atoms with van der Waals surface area (Å²) < 4.78 is 23.1. The number of anilines is 1. The lowest BCUT2D eigenvalue weighted by Gasteiger charge is -2.26. The molecule has 6 nitrogen and oxygen atoms in total. The van der Waals surface area contributed by atoms with Gasteiger partial charge in [-0.2, -0.15) is 0 Å². The number of nitrogens with two attached hydrogens (primary N) is 1. The van der Waals surface area contributed by atoms with Gasteiger partial charge in [-0.25, -0.2) is 13.6 Å². The molecule has 0 atom stereocenters. The van der Waals surface area contributed by atoms with Crippen molar-refractivity contribution in [2.75, 3.05) is 4.90 Å². The van der Waals surface area contributed by atoms with Crippen LogP contribution in [-0.4, -0.2) is 18.5 Å². The number of nitrogens with one attached hydrogen (secondary N) is 1. The number of nitrogens with zero attached hydrogens (tertiary/aromatic N) is 2. The summed E-state index contributed by atoms with van der Waals surface area (Å²) in [4.78, 5) is 5.92. The lowest BCUT2D eigenvalue weighted by Crippen LogP contribution is -2.39. The SMILES string of the molecule is NS(=O)(=O)c1ccc(N(Cc2cccc(Cl)c2)C(=S)NCc2ccncc2)cc1. The van der Waals surface area contributed by atoms with Crippen LogP contribution >= 0.6 is 23.8 Å². The number of rotatable bonds is 6. The molecule has 0 saturated heterocycles. The molecule has 3 rings (SSSR count). The van der Waals surface area contributed by atoms with Crippen LogP contribution in [0.3, 0.4) is 0 Å². The lowest BCUT2D eigenvalue weighted by molar-refractivity contribution is 0.598. The second-order valence-corrected chi connectivity index (χ2v) is 8.65. The van der Waals surface area contributed by atoms with Gasteiger partial charge in [-0.05, 0) is 71.9 Å². The minimum atomic E-state index is -3.77. The number of aromatic nitrogens is 1. The van der Waals surface area contributed by atoms with Crippen LogP contribution in [0.1, 0.15) is 11.1 Å². The topological polar surface area (TPSA) is 88.3 Å². The minimum absolute atomic E-state index is 0.0413. The molecular formula is C20H19ClN4O2S2. The van der Waals surface area contributed by atoms with Gasteiger partial charge in [-0.15, -0.1) is 0 Å². The van der Waals surface area contributed by atoms with Crippen molar-refractivity contribution in [1.82, 2.24) is 10.3 Å². The molecule has 3 N–H and O–H groups in total. The van der Waals surface area contributed by atoms with Gasteiger partial charge in [-0.1, -0.05) is 23.7 Å². The third-order valence-electron chi connectivity index (χ3n) is 4.14. The molecule has 1 heterocycles. The highest BCUT2D eigenvalue weighted by Crippen LogP contribution is 2.21. The Morgan fingerprint density at radius 2 is 1.76 bits per heavy atom. The number of sulfonamides is 1. The predicted molar refractivity (Wildman–Crippen MR) is 119 cm³/mol. The van der Waals surface area contributed by atoms with E-state index in [2.05, 4.69) is 10.3 Å². The van der Waals surface area contributed by atoms with Crippen molar-refractivity contribution in [2.45, 2.75) is 18.0 Å². The monoisotopic (exact) mass is 446 g/mol. The molecule has 0 amide bonds. The van der Waals surface area contributed by atoms with E-state index in [0.29, 0.717) is 23.2 Å². The van der Waals surface area contributed by atoms with Gasteiger partial charge in [0.1, 0.15) is 0 Å². The molecule has 9 heteroatoms. The van der Waals surface area contributed by atoms with Crippen LogP contribution in [0.2, 0.25) is 5.02 Å². The third-order valence-corrected chi connectivity index (χ3v) is 5.67. The van der Waals surface area contributed by atoms with Gasteiger partial charge in [0.15, 0.2) is 5.11 Å². The summed E-state index contributed by atoms with van der Waals surface area (Å²) in [6.07, 6.45) is 3.44. The van der Waals surface area contributed by atoms with Crippen molar-refractivity contribution >= 4 is 44.6 Å². The minimum Gasteiger partial charge on any atom is -0.358 e. The molecule has 150 valence electrons. The number of primary sulfonamides is 1. The molecule has 29 heavy (non-hydrogen) atoms. The van der Waals surface area contributed by atoms with E-state index < -0.39 is 10.0 Å². The molecule has 2 aromatic carbocycles. The highest BCUT2D eigenvalue weighted by atomic mass is 35.5. The third kappa shape index (κ3) is 5.98. The van der Waals surface area contributed by atoms with Crippen molar-refractivity contribution in [3.05, 3.63) is 89.2 Å². The van der Waals surface area contributed by atoms with Crippen molar-refractivity contribution in [2.24, 2.45) is 5.14 Å². The van der Waals surface area contributed by atoms with E-state index in [0.717, 1.165) is 16.8 Å². The Kier molecular flexibility index (Phi) is 6.81. The highest BCUT2D eigenvalue weighted by molar-refractivity contribution is 7.89. The van der Waals surface area contributed by atoms with Crippen molar-refractivity contribution in [1.29, 1.82) is 0 Å². The lowest BCUT2D eigenvalue weighted by atomic mass is 10.2.